The summed E-state index contributed by atoms with van der Waals surface area (Å²) in [4.78, 5) is 6.33. The molecule has 3 N–H and O–H groups in total. The van der Waals surface area contributed by atoms with Gasteiger partial charge in [-0.05, 0) is 258 Å². The van der Waals surface area contributed by atoms with Gasteiger partial charge in [-0.1, -0.05) is 272 Å². The van der Waals surface area contributed by atoms with Gasteiger partial charge in [-0.3, -0.25) is 0 Å². The second kappa shape index (κ2) is 24.9. The average Bonchev–Trinajstić information content (AvgIpc) is 1.46. The lowest BCUT2D eigenvalue weighted by atomic mass is 9.79. The van der Waals surface area contributed by atoms with E-state index in [1.165, 1.54) is 217 Å². The maximum Gasteiger partial charge on any atom is 0.147 e. The maximum atomic E-state index is 11.0. The molecule has 0 aromatic heterocycles. The molecule has 0 saturated carbocycles. The lowest BCUT2D eigenvalue weighted by Gasteiger charge is -2.24. The molecule has 2 aliphatic carbocycles. The lowest BCUT2D eigenvalue weighted by molar-refractivity contribution is 0.193. The molecule has 17 aromatic rings. The van der Waals surface area contributed by atoms with Crippen LogP contribution in [0.1, 0.15) is 90.9 Å². The summed E-state index contributed by atoms with van der Waals surface area (Å²) in [6.45, 7) is 6.05. The average molecular weight is 1310 g/mol. The Hall–Kier alpha value is -11.2. The first-order valence-electron chi connectivity index (χ1n) is 36.9. The predicted molar refractivity (Wildman–Crippen MR) is 427 cm³/mol. The molecule has 101 heavy (non-hydrogen) atoms. The Labute approximate surface area is 588 Å². The van der Waals surface area contributed by atoms with Crippen LogP contribution in [0.25, 0.3) is 197 Å². The van der Waals surface area contributed by atoms with E-state index in [9.17, 15) is 10.2 Å². The fraction of sp³-hybridized carbons (Fsp3) is 0.167. The highest BCUT2D eigenvalue weighted by Crippen LogP contribution is 2.65. The van der Waals surface area contributed by atoms with Crippen LogP contribution in [0.15, 0.2) is 243 Å². The van der Waals surface area contributed by atoms with Crippen molar-refractivity contribution in [3.05, 3.63) is 243 Å². The number of benzene rings is 17. The van der Waals surface area contributed by atoms with Crippen molar-refractivity contribution in [2.75, 3.05) is 13.2 Å². The zero-order valence-corrected chi connectivity index (χ0v) is 57.2. The standard InChI is InChI=1S/C96H77NO4/c1-3-5-7-9-11-21-55-97-101-64-45-37-60(38-46-64)84-92-72-30-20-16-26-68(72)67-25-15-19-29-71(67)91(92)83(59-35-43-63(44-36-59)100-56-22-12-10-8-6-4-2)95-79-53-49-75-73-47-51-77-87-78(52-48-74(85(73)87)76-50-54-80(96(84)95)88(79)86(75)76)94-82(58-33-41-62(99)42-34-58)90-70-28-18-14-24-66(70)65-23-13-17-27-69(65)89(90)81(93(77)94)57-31-39-61(98)40-32-57/h13-20,23-54,97-99H,3-12,21-22,55-56H2,1-2H3. The summed E-state index contributed by atoms with van der Waals surface area (Å²) in [6.07, 6.45) is 14.7. The van der Waals surface area contributed by atoms with E-state index in [-0.39, 0.29) is 11.5 Å². The smallest absolute Gasteiger partial charge is 0.147 e. The summed E-state index contributed by atoms with van der Waals surface area (Å²) in [5, 5.41) is 46.3. The highest BCUT2D eigenvalue weighted by Gasteiger charge is 2.37. The van der Waals surface area contributed by atoms with Crippen molar-refractivity contribution >= 4 is 108 Å². The van der Waals surface area contributed by atoms with Gasteiger partial charge in [0.05, 0.1) is 6.61 Å². The molecule has 17 aromatic carbocycles. The van der Waals surface area contributed by atoms with Crippen LogP contribution in [-0.4, -0.2) is 23.4 Å². The van der Waals surface area contributed by atoms with Gasteiger partial charge in [-0.25, -0.2) is 0 Å². The molecule has 0 radical (unpaired) electrons. The lowest BCUT2D eigenvalue weighted by Crippen LogP contribution is -2.19. The molecular weight excluding hydrogens is 1230 g/mol. The number of phenolic OH excluding ortho intramolecular Hbond substituents is 2. The molecule has 490 valence electrons. The van der Waals surface area contributed by atoms with Crippen LogP contribution in [0.4, 0.5) is 0 Å². The summed E-state index contributed by atoms with van der Waals surface area (Å²) in [5.41, 5.74) is 22.1. The van der Waals surface area contributed by atoms with Crippen LogP contribution in [0.5, 0.6) is 23.0 Å². The molecule has 19 rings (SSSR count). The first kappa shape index (κ1) is 60.9. The predicted octanol–water partition coefficient (Wildman–Crippen LogP) is 27.0. The number of ether oxygens (including phenoxy) is 1. The van der Waals surface area contributed by atoms with E-state index >= 15 is 0 Å². The van der Waals surface area contributed by atoms with Gasteiger partial charge in [0.25, 0.3) is 0 Å². The number of hydrogen-bond acceptors (Lipinski definition) is 5. The molecular formula is C96H77NO4. The number of hydrogen-bond donors (Lipinski definition) is 3. The number of hydroxylamine groups is 1. The zero-order chi connectivity index (χ0) is 67.4. The van der Waals surface area contributed by atoms with Crippen molar-refractivity contribution in [3.8, 4) is 112 Å². The van der Waals surface area contributed by atoms with Crippen molar-refractivity contribution in [1.29, 1.82) is 0 Å². The minimum Gasteiger partial charge on any atom is -0.508 e. The second-order valence-electron chi connectivity index (χ2n) is 28.3. The molecule has 0 fully saturated rings. The third-order valence-corrected chi connectivity index (χ3v) is 22.5. The van der Waals surface area contributed by atoms with Gasteiger partial charge < -0.3 is 19.8 Å². The van der Waals surface area contributed by atoms with Crippen LogP contribution in [0.3, 0.4) is 0 Å². The summed E-state index contributed by atoms with van der Waals surface area (Å²) < 4.78 is 6.56. The van der Waals surface area contributed by atoms with E-state index < -0.39 is 0 Å². The molecule has 0 aliphatic heterocycles. The monoisotopic (exact) mass is 1310 g/mol. The molecule has 0 bridgehead atoms. The highest BCUT2D eigenvalue weighted by molar-refractivity contribution is 6.45. The molecule has 0 amide bonds. The highest BCUT2D eigenvalue weighted by atomic mass is 16.6. The minimum atomic E-state index is 0.227. The third-order valence-electron chi connectivity index (χ3n) is 22.5. The third kappa shape index (κ3) is 9.60. The first-order valence-corrected chi connectivity index (χ1v) is 36.9. The number of fused-ring (bicyclic) bond motifs is 20. The van der Waals surface area contributed by atoms with Gasteiger partial charge in [0.2, 0.25) is 0 Å². The molecule has 0 atom stereocenters. The summed E-state index contributed by atoms with van der Waals surface area (Å²) in [7, 11) is 0. The van der Waals surface area contributed by atoms with Gasteiger partial charge >= 0.3 is 0 Å². The Bertz CT molecular complexity index is 5910. The topological polar surface area (TPSA) is 71.0 Å². The normalized spacial score (nSPS) is 12.3. The van der Waals surface area contributed by atoms with Crippen molar-refractivity contribution < 1.29 is 19.8 Å². The van der Waals surface area contributed by atoms with Crippen LogP contribution >= 0.6 is 0 Å². The molecule has 5 nitrogen and oxygen atoms in total. The summed E-state index contributed by atoms with van der Waals surface area (Å²) >= 11 is 0. The molecule has 0 spiro atoms. The van der Waals surface area contributed by atoms with E-state index in [1.54, 1.807) is 0 Å². The fourth-order valence-corrected chi connectivity index (χ4v) is 18.1. The van der Waals surface area contributed by atoms with E-state index in [4.69, 9.17) is 9.57 Å². The van der Waals surface area contributed by atoms with E-state index in [0.29, 0.717) is 6.61 Å². The largest absolute Gasteiger partial charge is 0.508 e. The summed E-state index contributed by atoms with van der Waals surface area (Å²) in [6, 6.07) is 89.0. The van der Waals surface area contributed by atoms with Crippen LogP contribution < -0.4 is 15.1 Å². The Kier molecular flexibility index (Phi) is 15.0. The number of nitrogens with one attached hydrogen (secondary N) is 1. The molecule has 2 aliphatic rings. The van der Waals surface area contributed by atoms with E-state index in [0.717, 1.165) is 75.0 Å². The number of aromatic hydroxyl groups is 2. The van der Waals surface area contributed by atoms with Crippen LogP contribution in [0.2, 0.25) is 0 Å². The Balaban J connectivity index is 0.869. The molecule has 0 saturated heterocycles. The van der Waals surface area contributed by atoms with Crippen molar-refractivity contribution in [2.45, 2.75) is 90.9 Å². The Morgan fingerprint density at radius 2 is 0.535 bits per heavy atom. The number of rotatable bonds is 21. The van der Waals surface area contributed by atoms with Crippen molar-refractivity contribution in [1.82, 2.24) is 5.48 Å². The molecule has 5 heteroatoms. The quantitative estimate of drug-likeness (QED) is 0.0289. The second-order valence-corrected chi connectivity index (χ2v) is 28.3. The zero-order valence-electron chi connectivity index (χ0n) is 57.2. The number of phenols is 2. The number of unbranched alkanes of at least 4 members (excludes halogenated alkanes) is 10. The first-order chi connectivity index (χ1) is 49.9. The van der Waals surface area contributed by atoms with Gasteiger partial charge in [0.15, 0.2) is 0 Å². The van der Waals surface area contributed by atoms with Crippen molar-refractivity contribution in [3.63, 3.8) is 0 Å². The Morgan fingerprint density at radius 3 is 0.881 bits per heavy atom. The van der Waals surface area contributed by atoms with Crippen molar-refractivity contribution in [2.24, 2.45) is 0 Å². The SMILES string of the molecule is CCCCCCCCNOc1ccc(-c2c3c(c(-c4ccc(OCCCCCCCC)cc4)c4c5ccccc5c5ccccc5c24)-c2ccc4c5ccc6c7c(ccc(c8ccc-3c2c48)c75)-c2c-6c(-c3ccc(O)cc3)c3c4ccccc4c4ccccc4c3c2-c2ccc(O)cc2)cc1. The van der Waals surface area contributed by atoms with Crippen LogP contribution in [0, 0.1) is 0 Å². The Morgan fingerprint density at radius 1 is 0.248 bits per heavy atom. The summed E-state index contributed by atoms with van der Waals surface area (Å²) in [5.74, 6) is 2.15. The van der Waals surface area contributed by atoms with Gasteiger partial charge in [-0.15, -0.1) is 0 Å². The van der Waals surface area contributed by atoms with Gasteiger partial charge in [0, 0.05) is 6.54 Å². The maximum absolute atomic E-state index is 11.0. The minimum absolute atomic E-state index is 0.227. The molecule has 0 heterocycles. The van der Waals surface area contributed by atoms with E-state index in [1.807, 2.05) is 24.3 Å². The van der Waals surface area contributed by atoms with E-state index in [2.05, 4.69) is 238 Å². The molecule has 0 unspecified atom stereocenters. The van der Waals surface area contributed by atoms with Crippen LogP contribution in [-0.2, 0) is 0 Å². The fourth-order valence-electron chi connectivity index (χ4n) is 18.1. The van der Waals surface area contributed by atoms with Gasteiger partial charge in [-0.2, -0.15) is 5.48 Å². The van der Waals surface area contributed by atoms with Gasteiger partial charge in [0.1, 0.15) is 23.0 Å².